The predicted octanol–water partition coefficient (Wildman–Crippen LogP) is 3.21. The molecule has 0 bridgehead atoms. The lowest BCUT2D eigenvalue weighted by atomic mass is 10.2. The van der Waals surface area contributed by atoms with E-state index in [-0.39, 0.29) is 17.2 Å². The van der Waals surface area contributed by atoms with Crippen LogP contribution in [0.15, 0.2) is 36.4 Å². The van der Waals surface area contributed by atoms with Crippen LogP contribution in [-0.2, 0) is 0 Å². The van der Waals surface area contributed by atoms with Gasteiger partial charge >= 0.3 is 19.3 Å². The van der Waals surface area contributed by atoms with Gasteiger partial charge in [-0.3, -0.25) is 20.2 Å². The van der Waals surface area contributed by atoms with E-state index < -0.39 is 40.6 Å². The molecule has 2 aliphatic heterocycles. The Morgan fingerprint density at radius 3 is 1.78 bits per heavy atom. The second-order valence-electron chi connectivity index (χ2n) is 8.40. The van der Waals surface area contributed by atoms with Crippen molar-refractivity contribution in [2.24, 2.45) is 0 Å². The van der Waals surface area contributed by atoms with Crippen LogP contribution in [0.2, 0.25) is 0 Å². The molecule has 2 aliphatic rings. The molecule has 41 heavy (non-hydrogen) atoms. The van der Waals surface area contributed by atoms with Crippen molar-refractivity contribution < 1.29 is 46.4 Å². The maximum atomic E-state index is 12.4. The minimum absolute atomic E-state index is 0.161. The van der Waals surface area contributed by atoms with Crippen molar-refractivity contribution in [1.82, 2.24) is 15.5 Å². The molecule has 2 saturated heterocycles. The largest absolute Gasteiger partial charge is 0.432 e. The summed E-state index contributed by atoms with van der Waals surface area (Å²) < 4.78 is 63.1. The zero-order valence-electron chi connectivity index (χ0n) is 21.3. The molecule has 0 aliphatic carbocycles. The minimum atomic E-state index is -3.20. The van der Waals surface area contributed by atoms with Crippen molar-refractivity contribution in [3.05, 3.63) is 56.6 Å². The fraction of sp³-hybridized carbons (Fsp3) is 0.435. The molecule has 18 heteroatoms. The smallest absolute Gasteiger partial charge is 0.415 e. The number of rotatable bonds is 8. The van der Waals surface area contributed by atoms with E-state index >= 15 is 0 Å². The summed E-state index contributed by atoms with van der Waals surface area (Å²) in [5, 5.41) is 27.5. The third-order valence-electron chi connectivity index (χ3n) is 5.75. The van der Waals surface area contributed by atoms with E-state index in [9.17, 15) is 42.6 Å². The van der Waals surface area contributed by atoms with Crippen molar-refractivity contribution in [2.45, 2.75) is 13.2 Å². The topological polar surface area (TPSA) is 162 Å². The summed E-state index contributed by atoms with van der Waals surface area (Å²) in [4.78, 5) is 35.1. The zero-order valence-corrected chi connectivity index (χ0v) is 21.3. The SMILES string of the molecule is O=C(Oc1ccc([N+](=O)[O-])cc1OC(F)F)N1CCNCC1.O=[N+]([O-])c1ccc(N2CCNCC2)c(OC(F)F)c1. The quantitative estimate of drug-likeness (QED) is 0.264. The molecule has 224 valence electrons. The number of alkyl halides is 4. The number of amides is 1. The molecule has 0 radical (unpaired) electrons. The Morgan fingerprint density at radius 2 is 1.24 bits per heavy atom. The number of nitrogens with one attached hydrogen (secondary N) is 2. The van der Waals surface area contributed by atoms with Gasteiger partial charge in [-0.15, -0.1) is 0 Å². The molecule has 2 N–H and O–H groups in total. The van der Waals surface area contributed by atoms with E-state index in [1.807, 2.05) is 4.90 Å². The number of nitro groups is 2. The molecule has 1 amide bonds. The highest BCUT2D eigenvalue weighted by Crippen LogP contribution is 2.34. The average Bonchev–Trinajstić information content (AvgIpc) is 2.94. The highest BCUT2D eigenvalue weighted by Gasteiger charge is 2.23. The summed E-state index contributed by atoms with van der Waals surface area (Å²) in [7, 11) is 0. The third-order valence-corrected chi connectivity index (χ3v) is 5.75. The van der Waals surface area contributed by atoms with Gasteiger partial charge in [0.1, 0.15) is 0 Å². The molecule has 2 heterocycles. The van der Waals surface area contributed by atoms with Crippen molar-refractivity contribution in [2.75, 3.05) is 57.3 Å². The van der Waals surface area contributed by atoms with Gasteiger partial charge in [-0.1, -0.05) is 0 Å². The van der Waals surface area contributed by atoms with Crippen LogP contribution in [0, 0.1) is 20.2 Å². The first kappa shape index (κ1) is 31.1. The van der Waals surface area contributed by atoms with Crippen LogP contribution in [0.3, 0.4) is 0 Å². The Hall–Kier alpha value is -4.45. The molecular weight excluding hydrogens is 564 g/mol. The Bertz CT molecular complexity index is 1210. The Balaban J connectivity index is 0.000000228. The Labute approximate surface area is 230 Å². The van der Waals surface area contributed by atoms with Crippen molar-refractivity contribution >= 4 is 23.2 Å². The highest BCUT2D eigenvalue weighted by atomic mass is 19.3. The predicted molar refractivity (Wildman–Crippen MR) is 135 cm³/mol. The summed E-state index contributed by atoms with van der Waals surface area (Å²) in [5.74, 6) is -1.02. The van der Waals surface area contributed by atoms with E-state index in [4.69, 9.17) is 4.74 Å². The number of hydrogen-bond acceptors (Lipinski definition) is 11. The van der Waals surface area contributed by atoms with Gasteiger partial charge in [0.15, 0.2) is 17.2 Å². The molecule has 0 unspecified atom stereocenters. The van der Waals surface area contributed by atoms with Gasteiger partial charge in [0.25, 0.3) is 11.4 Å². The average molecular weight is 590 g/mol. The van der Waals surface area contributed by atoms with Crippen LogP contribution >= 0.6 is 0 Å². The fourth-order valence-electron chi connectivity index (χ4n) is 3.86. The molecule has 2 fully saturated rings. The van der Waals surface area contributed by atoms with Gasteiger partial charge < -0.3 is 34.6 Å². The number of ether oxygens (including phenoxy) is 3. The second-order valence-corrected chi connectivity index (χ2v) is 8.40. The number of anilines is 1. The first-order valence-corrected chi connectivity index (χ1v) is 12.1. The monoisotopic (exact) mass is 590 g/mol. The lowest BCUT2D eigenvalue weighted by molar-refractivity contribution is -0.385. The molecular formula is C23H26F4N6O8. The number of carbonyl (C=O) groups excluding carboxylic acids is 1. The lowest BCUT2D eigenvalue weighted by Gasteiger charge is -2.30. The van der Waals surface area contributed by atoms with Crippen LogP contribution in [-0.4, -0.2) is 86.4 Å². The first-order valence-electron chi connectivity index (χ1n) is 12.1. The highest BCUT2D eigenvalue weighted by molar-refractivity contribution is 5.72. The van der Waals surface area contributed by atoms with Crippen LogP contribution in [0.4, 0.5) is 39.4 Å². The number of halogens is 4. The van der Waals surface area contributed by atoms with Crippen LogP contribution < -0.4 is 29.7 Å². The van der Waals surface area contributed by atoms with E-state index in [2.05, 4.69) is 20.1 Å². The normalized spacial score (nSPS) is 15.2. The zero-order chi connectivity index (χ0) is 29.9. The van der Waals surface area contributed by atoms with Crippen LogP contribution in [0.1, 0.15) is 0 Å². The van der Waals surface area contributed by atoms with Gasteiger partial charge in [0.05, 0.1) is 27.7 Å². The number of hydrogen-bond donors (Lipinski definition) is 2. The molecule has 14 nitrogen and oxygen atoms in total. The Morgan fingerprint density at radius 1 is 0.756 bits per heavy atom. The summed E-state index contributed by atoms with van der Waals surface area (Å²) in [5.41, 5.74) is -0.264. The third kappa shape index (κ3) is 9.31. The molecule has 0 atom stereocenters. The fourth-order valence-corrected chi connectivity index (χ4v) is 3.86. The van der Waals surface area contributed by atoms with Crippen molar-refractivity contribution in [3.63, 3.8) is 0 Å². The minimum Gasteiger partial charge on any atom is -0.432 e. The van der Waals surface area contributed by atoms with E-state index in [0.717, 1.165) is 37.4 Å². The summed E-state index contributed by atoms with van der Waals surface area (Å²) in [6, 6.07) is 6.64. The second kappa shape index (κ2) is 14.8. The van der Waals surface area contributed by atoms with E-state index in [1.54, 1.807) is 0 Å². The molecule has 0 aromatic heterocycles. The molecule has 2 aromatic carbocycles. The van der Waals surface area contributed by atoms with Gasteiger partial charge in [-0.05, 0) is 12.1 Å². The Kier molecular flexibility index (Phi) is 11.2. The van der Waals surface area contributed by atoms with Gasteiger partial charge in [-0.2, -0.15) is 17.6 Å². The van der Waals surface area contributed by atoms with Crippen LogP contribution in [0.25, 0.3) is 0 Å². The van der Waals surface area contributed by atoms with E-state index in [0.29, 0.717) is 45.0 Å². The first-order chi connectivity index (χ1) is 19.5. The summed E-state index contributed by atoms with van der Waals surface area (Å²) in [6.45, 7) is -1.47. The molecule has 2 aromatic rings. The molecule has 4 rings (SSSR count). The number of nitro benzene ring substituents is 2. The van der Waals surface area contributed by atoms with E-state index in [1.165, 1.54) is 17.0 Å². The number of non-ortho nitro benzene ring substituents is 2. The maximum absolute atomic E-state index is 12.4. The summed E-state index contributed by atoms with van der Waals surface area (Å²) in [6.07, 6.45) is -0.727. The van der Waals surface area contributed by atoms with Crippen molar-refractivity contribution in [1.29, 1.82) is 0 Å². The van der Waals surface area contributed by atoms with Gasteiger partial charge in [-0.25, -0.2) is 4.79 Å². The van der Waals surface area contributed by atoms with Crippen LogP contribution in [0.5, 0.6) is 17.2 Å². The number of benzene rings is 2. The molecule has 0 saturated carbocycles. The number of nitrogens with zero attached hydrogens (tertiary/aromatic N) is 4. The molecule has 0 spiro atoms. The maximum Gasteiger partial charge on any atom is 0.415 e. The van der Waals surface area contributed by atoms with Gasteiger partial charge in [0, 0.05) is 64.5 Å². The lowest BCUT2D eigenvalue weighted by Crippen LogP contribution is -2.47. The standard InChI is InChI=1S/C12H13F2N3O5.C11H13F2N3O3/c13-11(14)21-10-7-8(17(19)20)1-2-9(10)22-12(18)16-5-3-15-4-6-16;12-11(13)19-10-7-8(16(17)18)1-2-9(10)15-5-3-14-4-6-15/h1-2,7,11,15H,3-6H2;1-2,7,11,14H,3-6H2. The number of piperazine rings is 2. The number of carbonyl (C=O) groups is 1. The summed E-state index contributed by atoms with van der Waals surface area (Å²) >= 11 is 0. The van der Waals surface area contributed by atoms with Crippen molar-refractivity contribution in [3.8, 4) is 17.2 Å². The van der Waals surface area contributed by atoms with Gasteiger partial charge in [0.2, 0.25) is 0 Å².